The maximum atomic E-state index is 13.0. The Morgan fingerprint density at radius 3 is 2.59 bits per heavy atom. The third-order valence-electron chi connectivity index (χ3n) is 4.45. The van der Waals surface area contributed by atoms with Gasteiger partial charge in [-0.15, -0.1) is 0 Å². The second-order valence-electron chi connectivity index (χ2n) is 6.54. The summed E-state index contributed by atoms with van der Waals surface area (Å²) in [6, 6.07) is 7.75. The van der Waals surface area contributed by atoms with Gasteiger partial charge in [-0.1, -0.05) is 17.7 Å². The highest BCUT2D eigenvalue weighted by atomic mass is 35.5. The van der Waals surface area contributed by atoms with Crippen molar-refractivity contribution >= 4 is 34.6 Å². The van der Waals surface area contributed by atoms with Crippen molar-refractivity contribution in [2.45, 2.75) is 12.7 Å². The van der Waals surface area contributed by atoms with Crippen LogP contribution in [-0.4, -0.2) is 21.7 Å². The Balaban J connectivity index is 1.61. The summed E-state index contributed by atoms with van der Waals surface area (Å²) < 4.78 is 49.6. The zero-order valence-corrected chi connectivity index (χ0v) is 16.7. The number of fused-ring (bicyclic) bond motifs is 1. The SMILES string of the molecule is O=[N+]([O-])c1c(NCc2ccc3c(c2)OCO3)ncnc1Nc1cc(C(F)(F)F)ccc1Cl. The number of halogens is 4. The van der Waals surface area contributed by atoms with E-state index in [0.29, 0.717) is 11.5 Å². The largest absolute Gasteiger partial charge is 0.454 e. The average Bonchev–Trinajstić information content (AvgIpc) is 3.20. The van der Waals surface area contributed by atoms with Gasteiger partial charge in [0, 0.05) is 6.54 Å². The molecule has 0 bridgehead atoms. The van der Waals surface area contributed by atoms with Gasteiger partial charge in [0.25, 0.3) is 0 Å². The molecule has 2 aromatic carbocycles. The monoisotopic (exact) mass is 467 g/mol. The third kappa shape index (κ3) is 4.44. The summed E-state index contributed by atoms with van der Waals surface area (Å²) in [6.07, 6.45) is -3.57. The molecular formula is C19H13ClF3N5O4. The van der Waals surface area contributed by atoms with Crippen molar-refractivity contribution < 1.29 is 27.6 Å². The normalized spacial score (nSPS) is 12.5. The van der Waals surface area contributed by atoms with Crippen LogP contribution in [-0.2, 0) is 12.7 Å². The molecule has 1 aliphatic heterocycles. The molecule has 166 valence electrons. The van der Waals surface area contributed by atoms with E-state index in [-0.39, 0.29) is 35.7 Å². The molecule has 0 radical (unpaired) electrons. The summed E-state index contributed by atoms with van der Waals surface area (Å²) in [4.78, 5) is 18.7. The lowest BCUT2D eigenvalue weighted by Gasteiger charge is -2.13. The molecule has 9 nitrogen and oxygen atoms in total. The van der Waals surface area contributed by atoms with Crippen molar-refractivity contribution in [3.05, 3.63) is 69.0 Å². The number of anilines is 3. The van der Waals surface area contributed by atoms with Crippen LogP contribution in [0.3, 0.4) is 0 Å². The lowest BCUT2D eigenvalue weighted by atomic mass is 10.2. The van der Waals surface area contributed by atoms with Gasteiger partial charge in [0.05, 0.1) is 21.2 Å². The number of hydrogen-bond donors (Lipinski definition) is 2. The van der Waals surface area contributed by atoms with E-state index in [2.05, 4.69) is 20.6 Å². The Morgan fingerprint density at radius 2 is 1.84 bits per heavy atom. The van der Waals surface area contributed by atoms with Crippen molar-refractivity contribution in [2.75, 3.05) is 17.4 Å². The number of nitrogens with one attached hydrogen (secondary N) is 2. The van der Waals surface area contributed by atoms with Gasteiger partial charge in [-0.05, 0) is 35.9 Å². The number of benzene rings is 2. The van der Waals surface area contributed by atoms with Crippen molar-refractivity contribution in [1.82, 2.24) is 9.97 Å². The first-order valence-corrected chi connectivity index (χ1v) is 9.36. The Bertz CT molecular complexity index is 1190. The van der Waals surface area contributed by atoms with Gasteiger partial charge < -0.3 is 20.1 Å². The highest BCUT2D eigenvalue weighted by Crippen LogP contribution is 2.38. The number of alkyl halides is 3. The molecule has 3 aromatic rings. The summed E-state index contributed by atoms with van der Waals surface area (Å²) in [7, 11) is 0. The zero-order chi connectivity index (χ0) is 22.9. The molecule has 0 atom stereocenters. The minimum atomic E-state index is -4.62. The van der Waals surface area contributed by atoms with Gasteiger partial charge in [0.15, 0.2) is 11.5 Å². The molecule has 1 aliphatic rings. The molecule has 0 fully saturated rings. The van der Waals surface area contributed by atoms with Gasteiger partial charge in [-0.2, -0.15) is 13.2 Å². The first-order valence-electron chi connectivity index (χ1n) is 8.98. The molecule has 2 N–H and O–H groups in total. The van der Waals surface area contributed by atoms with Crippen LogP contribution in [0, 0.1) is 10.1 Å². The van der Waals surface area contributed by atoms with Crippen LogP contribution in [0.2, 0.25) is 5.02 Å². The summed E-state index contributed by atoms with van der Waals surface area (Å²) in [6.45, 7) is 0.259. The predicted molar refractivity (Wildman–Crippen MR) is 108 cm³/mol. The first-order chi connectivity index (χ1) is 15.2. The molecule has 0 saturated carbocycles. The lowest BCUT2D eigenvalue weighted by Crippen LogP contribution is -2.09. The fraction of sp³-hybridized carbons (Fsp3) is 0.158. The molecule has 1 aromatic heterocycles. The maximum Gasteiger partial charge on any atom is 0.416 e. The molecule has 0 amide bonds. The number of ether oxygens (including phenoxy) is 2. The van der Waals surface area contributed by atoms with Crippen LogP contribution in [0.1, 0.15) is 11.1 Å². The van der Waals surface area contributed by atoms with Crippen LogP contribution >= 0.6 is 11.6 Å². The maximum absolute atomic E-state index is 13.0. The van der Waals surface area contributed by atoms with Crippen molar-refractivity contribution in [1.29, 1.82) is 0 Å². The van der Waals surface area contributed by atoms with Crippen LogP contribution in [0.25, 0.3) is 0 Å². The minimum absolute atomic E-state index is 0.0687. The standard InChI is InChI=1S/C19H13ClF3N5O4/c20-12-3-2-11(19(21,22)23)6-13(12)27-18-16(28(29)30)17(25-8-26-18)24-7-10-1-4-14-15(5-10)32-9-31-14/h1-6,8H,7,9H2,(H2,24,25,26,27). The summed E-state index contributed by atoms with van der Waals surface area (Å²) in [5.41, 5.74) is -0.980. The Labute approximate surface area is 183 Å². The number of nitrogens with zero attached hydrogens (tertiary/aromatic N) is 3. The van der Waals surface area contributed by atoms with Crippen LogP contribution in [0.5, 0.6) is 11.5 Å². The first kappa shape index (κ1) is 21.4. The van der Waals surface area contributed by atoms with E-state index in [0.717, 1.165) is 30.1 Å². The van der Waals surface area contributed by atoms with E-state index in [9.17, 15) is 23.3 Å². The lowest BCUT2D eigenvalue weighted by molar-refractivity contribution is -0.383. The third-order valence-corrected chi connectivity index (χ3v) is 4.78. The fourth-order valence-corrected chi connectivity index (χ4v) is 3.10. The van der Waals surface area contributed by atoms with Crippen LogP contribution in [0.15, 0.2) is 42.7 Å². The zero-order valence-electron chi connectivity index (χ0n) is 15.9. The highest BCUT2D eigenvalue weighted by Gasteiger charge is 2.31. The molecule has 0 spiro atoms. The van der Waals surface area contributed by atoms with E-state index < -0.39 is 22.4 Å². The van der Waals surface area contributed by atoms with Crippen molar-refractivity contribution in [2.24, 2.45) is 0 Å². The topological polar surface area (TPSA) is 111 Å². The Kier molecular flexibility index (Phi) is 5.61. The molecule has 2 heterocycles. The number of hydrogen-bond acceptors (Lipinski definition) is 8. The van der Waals surface area contributed by atoms with E-state index in [1.165, 1.54) is 0 Å². The molecule has 13 heteroatoms. The second kappa shape index (κ2) is 8.38. The van der Waals surface area contributed by atoms with E-state index >= 15 is 0 Å². The quantitative estimate of drug-likeness (QED) is 0.378. The van der Waals surface area contributed by atoms with Gasteiger partial charge in [0.1, 0.15) is 6.33 Å². The highest BCUT2D eigenvalue weighted by molar-refractivity contribution is 6.33. The molecule has 0 aliphatic carbocycles. The summed E-state index contributed by atoms with van der Waals surface area (Å²) in [5, 5.41) is 17.0. The van der Waals surface area contributed by atoms with Crippen LogP contribution in [0.4, 0.5) is 36.2 Å². The van der Waals surface area contributed by atoms with Gasteiger partial charge in [0.2, 0.25) is 18.4 Å². The summed E-state index contributed by atoms with van der Waals surface area (Å²) in [5.74, 6) is 0.682. The molecular weight excluding hydrogens is 455 g/mol. The molecule has 4 rings (SSSR count). The van der Waals surface area contributed by atoms with E-state index in [4.69, 9.17) is 21.1 Å². The average molecular weight is 468 g/mol. The van der Waals surface area contributed by atoms with Gasteiger partial charge in [-0.3, -0.25) is 10.1 Å². The Hall–Kier alpha value is -3.80. The van der Waals surface area contributed by atoms with Crippen molar-refractivity contribution in [3.63, 3.8) is 0 Å². The van der Waals surface area contributed by atoms with Gasteiger partial charge >= 0.3 is 11.9 Å². The van der Waals surface area contributed by atoms with Gasteiger partial charge in [-0.25, -0.2) is 9.97 Å². The predicted octanol–water partition coefficient (Wildman–Crippen LogP) is 5.14. The van der Waals surface area contributed by atoms with E-state index in [1.807, 2.05) is 0 Å². The second-order valence-corrected chi connectivity index (χ2v) is 6.94. The minimum Gasteiger partial charge on any atom is -0.454 e. The van der Waals surface area contributed by atoms with Crippen molar-refractivity contribution in [3.8, 4) is 11.5 Å². The number of nitro groups is 1. The van der Waals surface area contributed by atoms with Crippen LogP contribution < -0.4 is 20.1 Å². The number of rotatable bonds is 6. The molecule has 32 heavy (non-hydrogen) atoms. The Morgan fingerprint density at radius 1 is 1.09 bits per heavy atom. The fourth-order valence-electron chi connectivity index (χ4n) is 2.93. The molecule has 0 saturated heterocycles. The molecule has 0 unspecified atom stereocenters. The smallest absolute Gasteiger partial charge is 0.416 e. The van der Waals surface area contributed by atoms with E-state index in [1.54, 1.807) is 18.2 Å². The number of aromatic nitrogens is 2. The summed E-state index contributed by atoms with van der Waals surface area (Å²) >= 11 is 5.97.